The lowest BCUT2D eigenvalue weighted by atomic mass is 9.95. The van der Waals surface area contributed by atoms with Crippen molar-refractivity contribution in [3.05, 3.63) is 59.6 Å². The van der Waals surface area contributed by atoms with Gasteiger partial charge in [0, 0.05) is 41.2 Å². The number of halogens is 1. The Kier molecular flexibility index (Phi) is 6.72. The van der Waals surface area contributed by atoms with Crippen LogP contribution in [0.3, 0.4) is 0 Å². The van der Waals surface area contributed by atoms with Gasteiger partial charge in [-0.1, -0.05) is 12.1 Å². The molecule has 1 aliphatic rings. The minimum Gasteiger partial charge on any atom is -0.496 e. The smallest absolute Gasteiger partial charge is 0.308 e. The number of carbonyl (C=O) groups is 2. The molecule has 0 N–H and O–H groups in total. The second-order valence-electron chi connectivity index (χ2n) is 8.57. The first kappa shape index (κ1) is 23.5. The van der Waals surface area contributed by atoms with Crippen molar-refractivity contribution in [3.8, 4) is 16.9 Å². The number of carbonyl (C=O) groups excluding carboxylic acids is 2. The minimum absolute atomic E-state index is 0.105. The molecule has 1 aromatic heterocycles. The van der Waals surface area contributed by atoms with Gasteiger partial charge in [-0.15, -0.1) is 0 Å². The number of allylic oxidation sites excluding steroid dienone is 1. The van der Waals surface area contributed by atoms with Crippen molar-refractivity contribution < 1.29 is 27.9 Å². The summed E-state index contributed by atoms with van der Waals surface area (Å²) in [4.78, 5) is 26.5. The van der Waals surface area contributed by atoms with Gasteiger partial charge in [-0.25, -0.2) is 4.39 Å². The number of furan rings is 1. The quantitative estimate of drug-likeness (QED) is 0.374. The van der Waals surface area contributed by atoms with Gasteiger partial charge >= 0.3 is 5.97 Å². The zero-order valence-electron chi connectivity index (χ0n) is 19.8. The minimum atomic E-state index is -0.303. The molecule has 0 aliphatic carbocycles. The molecule has 1 aliphatic heterocycles. The predicted molar refractivity (Wildman–Crippen MR) is 128 cm³/mol. The number of methoxy groups -OCH3 is 2. The van der Waals surface area contributed by atoms with Gasteiger partial charge in [0.25, 0.3) is 0 Å². The monoisotopic (exact) mass is 465 g/mol. The van der Waals surface area contributed by atoms with Crippen LogP contribution < -0.4 is 4.74 Å². The fraction of sp³-hybridized carbons (Fsp3) is 0.333. The highest BCUT2D eigenvalue weighted by Crippen LogP contribution is 2.40. The van der Waals surface area contributed by atoms with E-state index in [0.29, 0.717) is 37.3 Å². The maximum absolute atomic E-state index is 13.4. The lowest BCUT2D eigenvalue weighted by Crippen LogP contribution is -2.39. The summed E-state index contributed by atoms with van der Waals surface area (Å²) < 4.78 is 29.8. The summed E-state index contributed by atoms with van der Waals surface area (Å²) >= 11 is 0. The number of likely N-dealkylation sites (tertiary alicyclic amines) is 1. The van der Waals surface area contributed by atoms with Crippen LogP contribution in [0.15, 0.2) is 47.1 Å². The number of amides is 1. The molecule has 6 nitrogen and oxygen atoms in total. The van der Waals surface area contributed by atoms with Gasteiger partial charge in [-0.05, 0) is 56.0 Å². The molecule has 1 amide bonds. The van der Waals surface area contributed by atoms with Crippen LogP contribution in [0.4, 0.5) is 4.39 Å². The Balaban J connectivity index is 1.66. The molecule has 0 atom stereocenters. The van der Waals surface area contributed by atoms with Crippen molar-refractivity contribution in [1.29, 1.82) is 0 Å². The van der Waals surface area contributed by atoms with E-state index in [2.05, 4.69) is 0 Å². The molecule has 1 saturated heterocycles. The fourth-order valence-electron chi connectivity index (χ4n) is 4.58. The molecule has 0 radical (unpaired) electrons. The number of hydrogen-bond acceptors (Lipinski definition) is 5. The van der Waals surface area contributed by atoms with Crippen LogP contribution in [0, 0.1) is 18.7 Å². The normalized spacial score (nSPS) is 15.0. The molecule has 0 unspecified atom stereocenters. The second-order valence-corrected chi connectivity index (χ2v) is 8.57. The van der Waals surface area contributed by atoms with Crippen LogP contribution in [-0.4, -0.2) is 44.1 Å². The number of ether oxygens (including phenoxy) is 2. The number of fused-ring (bicyclic) bond motifs is 1. The summed E-state index contributed by atoms with van der Waals surface area (Å²) in [6.45, 7) is 4.80. The van der Waals surface area contributed by atoms with E-state index in [1.807, 2.05) is 19.9 Å². The lowest BCUT2D eigenvalue weighted by molar-refractivity contribution is -0.148. The first-order valence-electron chi connectivity index (χ1n) is 11.2. The molecule has 34 heavy (non-hydrogen) atoms. The maximum Gasteiger partial charge on any atom is 0.308 e. The molecule has 2 heterocycles. The van der Waals surface area contributed by atoms with E-state index in [1.165, 1.54) is 19.2 Å². The van der Waals surface area contributed by atoms with Crippen LogP contribution in [0.1, 0.15) is 30.9 Å². The second kappa shape index (κ2) is 9.71. The highest BCUT2D eigenvalue weighted by atomic mass is 19.1. The number of esters is 1. The van der Waals surface area contributed by atoms with E-state index >= 15 is 0 Å². The van der Waals surface area contributed by atoms with Crippen molar-refractivity contribution in [2.24, 2.45) is 5.92 Å². The van der Waals surface area contributed by atoms with Gasteiger partial charge in [0.2, 0.25) is 5.91 Å². The van der Waals surface area contributed by atoms with Crippen LogP contribution >= 0.6 is 0 Å². The third-order valence-corrected chi connectivity index (χ3v) is 6.51. The van der Waals surface area contributed by atoms with Gasteiger partial charge in [0.15, 0.2) is 0 Å². The van der Waals surface area contributed by atoms with E-state index in [0.717, 1.165) is 33.2 Å². The van der Waals surface area contributed by atoms with E-state index in [4.69, 9.17) is 13.9 Å². The fourth-order valence-corrected chi connectivity index (χ4v) is 4.58. The molecule has 7 heteroatoms. The van der Waals surface area contributed by atoms with E-state index in [-0.39, 0.29) is 23.6 Å². The SMILES string of the molecule is COC(=O)C1CCN(C(=O)/C=C(\C)c2cc3c(-c4ccc(F)cc4)coc3c(C)c2OC)CC1. The average Bonchev–Trinajstić information content (AvgIpc) is 3.28. The van der Waals surface area contributed by atoms with Gasteiger partial charge in [0.1, 0.15) is 17.1 Å². The number of piperidine rings is 1. The van der Waals surface area contributed by atoms with E-state index in [9.17, 15) is 14.0 Å². The summed E-state index contributed by atoms with van der Waals surface area (Å²) in [5.41, 5.74) is 4.72. The summed E-state index contributed by atoms with van der Waals surface area (Å²) in [7, 11) is 2.98. The number of benzene rings is 2. The van der Waals surface area contributed by atoms with Gasteiger partial charge in [-0.2, -0.15) is 0 Å². The van der Waals surface area contributed by atoms with Crippen LogP contribution in [0.5, 0.6) is 5.75 Å². The number of aryl methyl sites for hydroxylation is 1. The predicted octanol–water partition coefficient (Wildman–Crippen LogP) is 5.37. The number of rotatable bonds is 5. The van der Waals surface area contributed by atoms with Gasteiger partial charge < -0.3 is 18.8 Å². The summed E-state index contributed by atoms with van der Waals surface area (Å²) in [6.07, 6.45) is 4.45. The Hall–Kier alpha value is -3.61. The third-order valence-electron chi connectivity index (χ3n) is 6.51. The van der Waals surface area contributed by atoms with Crippen molar-refractivity contribution in [1.82, 2.24) is 4.90 Å². The first-order chi connectivity index (χ1) is 16.3. The highest BCUT2D eigenvalue weighted by Gasteiger charge is 2.27. The van der Waals surface area contributed by atoms with Crippen LogP contribution in [-0.2, 0) is 14.3 Å². The zero-order valence-corrected chi connectivity index (χ0v) is 19.8. The molecule has 0 bridgehead atoms. The largest absolute Gasteiger partial charge is 0.496 e. The Morgan fingerprint density at radius 2 is 1.82 bits per heavy atom. The Bertz CT molecular complexity index is 1250. The zero-order chi connectivity index (χ0) is 24.4. The van der Waals surface area contributed by atoms with Crippen molar-refractivity contribution in [3.63, 3.8) is 0 Å². The average molecular weight is 466 g/mol. The molecule has 178 valence electrons. The third kappa shape index (κ3) is 4.42. The Labute approximate surface area is 197 Å². The first-order valence-corrected chi connectivity index (χ1v) is 11.2. The highest BCUT2D eigenvalue weighted by molar-refractivity contribution is 6.01. The molecular weight excluding hydrogens is 437 g/mol. The van der Waals surface area contributed by atoms with Gasteiger partial charge in [-0.3, -0.25) is 9.59 Å². The van der Waals surface area contributed by atoms with E-state index in [1.54, 1.807) is 36.5 Å². The summed E-state index contributed by atoms with van der Waals surface area (Å²) in [6, 6.07) is 8.20. The Morgan fingerprint density at radius 3 is 2.44 bits per heavy atom. The molecule has 0 spiro atoms. The van der Waals surface area contributed by atoms with Crippen molar-refractivity contribution in [2.45, 2.75) is 26.7 Å². The standard InChI is InChI=1S/C27H28FNO5/c1-16(13-24(30)29-11-9-19(10-12-29)27(31)33-4)21-14-22-23(18-5-7-20(28)8-6-18)15-34-26(22)17(2)25(21)32-3/h5-8,13-15,19H,9-12H2,1-4H3/b16-13+. The van der Waals surface area contributed by atoms with Crippen LogP contribution in [0.25, 0.3) is 27.7 Å². The summed E-state index contributed by atoms with van der Waals surface area (Å²) in [5, 5.41) is 0.860. The number of hydrogen-bond donors (Lipinski definition) is 0. The molecule has 3 aromatic rings. The maximum atomic E-state index is 13.4. The van der Waals surface area contributed by atoms with Crippen molar-refractivity contribution >= 4 is 28.4 Å². The Morgan fingerprint density at radius 1 is 1.15 bits per heavy atom. The number of nitrogens with zero attached hydrogens (tertiary/aromatic N) is 1. The topological polar surface area (TPSA) is 69.0 Å². The van der Waals surface area contributed by atoms with Crippen molar-refractivity contribution in [2.75, 3.05) is 27.3 Å². The van der Waals surface area contributed by atoms with Gasteiger partial charge in [0.05, 0.1) is 26.4 Å². The molecular formula is C27H28FNO5. The molecule has 1 fully saturated rings. The lowest BCUT2D eigenvalue weighted by Gasteiger charge is -2.30. The molecule has 0 saturated carbocycles. The molecule has 2 aromatic carbocycles. The molecule has 4 rings (SSSR count). The van der Waals surface area contributed by atoms with E-state index < -0.39 is 0 Å². The van der Waals surface area contributed by atoms with Crippen LogP contribution in [0.2, 0.25) is 0 Å². The summed E-state index contributed by atoms with van der Waals surface area (Å²) in [5.74, 6) is -0.146.